The number of esters is 1. The van der Waals surface area contributed by atoms with Gasteiger partial charge in [-0.3, -0.25) is 9.59 Å². The predicted octanol–water partition coefficient (Wildman–Crippen LogP) is 9.53. The van der Waals surface area contributed by atoms with Gasteiger partial charge in [-0.15, -0.1) is 0 Å². The molecule has 2 heterocycles. The molecule has 2 atom stereocenters. The maximum absolute atomic E-state index is 14.4. The maximum Gasteiger partial charge on any atom is 0.457 e. The molecule has 3 aromatic carbocycles. The Labute approximate surface area is 290 Å². The lowest BCUT2D eigenvalue weighted by molar-refractivity contribution is -0.157. The van der Waals surface area contributed by atoms with Crippen molar-refractivity contribution in [3.8, 4) is 22.4 Å². The molecule has 4 aromatic rings. The molecular formula is C40H48BFN2O5. The highest BCUT2D eigenvalue weighted by atomic mass is 19.1. The smallest absolute Gasteiger partial charge is 0.457 e. The Morgan fingerprint density at radius 1 is 0.939 bits per heavy atom. The molecule has 0 saturated carbocycles. The summed E-state index contributed by atoms with van der Waals surface area (Å²) in [4.78, 5) is 27.2. The second-order valence-electron chi connectivity index (χ2n) is 14.0. The van der Waals surface area contributed by atoms with Gasteiger partial charge in [0.1, 0.15) is 11.4 Å². The number of rotatable bonds is 12. The second kappa shape index (κ2) is 16.0. The van der Waals surface area contributed by atoms with Gasteiger partial charge in [0.25, 0.3) is 5.91 Å². The van der Waals surface area contributed by atoms with E-state index in [0.717, 1.165) is 34.5 Å². The quantitative estimate of drug-likeness (QED) is 0.120. The van der Waals surface area contributed by atoms with Crippen molar-refractivity contribution in [3.63, 3.8) is 0 Å². The topological polar surface area (TPSA) is 78.8 Å². The maximum atomic E-state index is 14.4. The Bertz CT molecular complexity index is 1700. The zero-order valence-electron chi connectivity index (χ0n) is 29.5. The van der Waals surface area contributed by atoms with Crippen LogP contribution in [0.4, 0.5) is 10.1 Å². The summed E-state index contributed by atoms with van der Waals surface area (Å²) in [6, 6.07) is 25.8. The fourth-order valence-electron chi connectivity index (χ4n) is 6.61. The first kappa shape index (κ1) is 36.1. The minimum atomic E-state index is -0.579. The lowest BCUT2D eigenvalue weighted by Gasteiger charge is -2.35. The summed E-state index contributed by atoms with van der Waals surface area (Å²) >= 11 is 0. The van der Waals surface area contributed by atoms with Gasteiger partial charge in [0.2, 0.25) is 0 Å². The molecule has 1 fully saturated rings. The number of nitrogens with one attached hydrogen (secondary N) is 1. The van der Waals surface area contributed by atoms with Crippen LogP contribution in [0.1, 0.15) is 89.2 Å². The monoisotopic (exact) mass is 666 g/mol. The zero-order chi connectivity index (χ0) is 35.1. The third-order valence-electron chi connectivity index (χ3n) is 8.52. The van der Waals surface area contributed by atoms with E-state index in [9.17, 15) is 14.0 Å². The van der Waals surface area contributed by atoms with E-state index in [1.165, 1.54) is 12.1 Å². The number of ether oxygens (including phenoxy) is 1. The van der Waals surface area contributed by atoms with Crippen LogP contribution in [0, 0.1) is 5.82 Å². The normalized spacial score (nSPS) is 16.5. The number of halogens is 1. The molecule has 1 aromatic heterocycles. The highest BCUT2D eigenvalue weighted by molar-refractivity contribution is 6.44. The SMILES string of the molecule is CCCB1OC(CCn2c(-c3ccc(F)cc3)c(-c3ccccc3)c(C(=O)Nc3ccccc3)c2C(C)C)CC(CC(=O)OC(C)(C)C)O1. The molecule has 1 amide bonds. The molecule has 7 nitrogen and oxygen atoms in total. The van der Waals surface area contributed by atoms with Gasteiger partial charge >= 0.3 is 13.1 Å². The Balaban J connectivity index is 1.58. The number of nitrogens with zero attached hydrogens (tertiary/aromatic N) is 1. The molecule has 2 unspecified atom stereocenters. The van der Waals surface area contributed by atoms with Crippen LogP contribution in [0.3, 0.4) is 0 Å². The van der Waals surface area contributed by atoms with E-state index < -0.39 is 12.7 Å². The highest BCUT2D eigenvalue weighted by Gasteiger charge is 2.36. The van der Waals surface area contributed by atoms with Crippen LogP contribution in [-0.2, 0) is 25.4 Å². The summed E-state index contributed by atoms with van der Waals surface area (Å²) in [5.74, 6) is -0.862. The van der Waals surface area contributed by atoms with E-state index in [1.807, 2.05) is 81.4 Å². The van der Waals surface area contributed by atoms with Gasteiger partial charge in [0.15, 0.2) is 0 Å². The number of hydrogen-bond acceptors (Lipinski definition) is 5. The Kier molecular flexibility index (Phi) is 11.8. The van der Waals surface area contributed by atoms with Crippen molar-refractivity contribution >= 4 is 24.7 Å². The minimum Gasteiger partial charge on any atom is -0.460 e. The Morgan fingerprint density at radius 2 is 1.57 bits per heavy atom. The summed E-state index contributed by atoms with van der Waals surface area (Å²) < 4.78 is 34.8. The number of amides is 1. The second-order valence-corrected chi connectivity index (χ2v) is 14.0. The first-order chi connectivity index (χ1) is 23.4. The van der Waals surface area contributed by atoms with Gasteiger partial charge in [0.05, 0.1) is 23.8 Å². The predicted molar refractivity (Wildman–Crippen MR) is 194 cm³/mol. The Morgan fingerprint density at radius 3 is 2.18 bits per heavy atom. The number of carbonyl (C=O) groups excluding carboxylic acids is 2. The highest BCUT2D eigenvalue weighted by Crippen LogP contribution is 2.43. The molecular weight excluding hydrogens is 618 g/mol. The number of para-hydroxylation sites is 1. The van der Waals surface area contributed by atoms with Crippen molar-refractivity contribution in [2.75, 3.05) is 5.32 Å². The van der Waals surface area contributed by atoms with Gasteiger partial charge in [-0.2, -0.15) is 0 Å². The molecule has 49 heavy (non-hydrogen) atoms. The summed E-state index contributed by atoms with van der Waals surface area (Å²) in [5, 5.41) is 3.13. The van der Waals surface area contributed by atoms with Crippen molar-refractivity contribution in [2.24, 2.45) is 0 Å². The first-order valence-electron chi connectivity index (χ1n) is 17.4. The molecule has 1 saturated heterocycles. The van der Waals surface area contributed by atoms with Crippen LogP contribution >= 0.6 is 0 Å². The number of hydrogen-bond donors (Lipinski definition) is 1. The molecule has 0 spiro atoms. The van der Waals surface area contributed by atoms with Crippen molar-refractivity contribution in [3.05, 3.63) is 102 Å². The third-order valence-corrected chi connectivity index (χ3v) is 8.52. The number of anilines is 1. The van der Waals surface area contributed by atoms with E-state index in [1.54, 1.807) is 12.1 Å². The molecule has 258 valence electrons. The largest absolute Gasteiger partial charge is 0.460 e. The molecule has 9 heteroatoms. The number of aromatic nitrogens is 1. The van der Waals surface area contributed by atoms with Crippen LogP contribution in [0.15, 0.2) is 84.9 Å². The fourth-order valence-corrected chi connectivity index (χ4v) is 6.61. The zero-order valence-corrected chi connectivity index (χ0v) is 29.5. The lowest BCUT2D eigenvalue weighted by atomic mass is 9.79. The first-order valence-corrected chi connectivity index (χ1v) is 17.4. The molecule has 1 aliphatic heterocycles. The number of benzene rings is 3. The van der Waals surface area contributed by atoms with Crippen LogP contribution < -0.4 is 5.32 Å². The van der Waals surface area contributed by atoms with Crippen LogP contribution in [0.5, 0.6) is 0 Å². The molecule has 0 bridgehead atoms. The van der Waals surface area contributed by atoms with Crippen molar-refractivity contribution in [1.29, 1.82) is 0 Å². The average Bonchev–Trinajstić information content (AvgIpc) is 3.40. The molecule has 1 aliphatic rings. The minimum absolute atomic E-state index is 0.0310. The van der Waals surface area contributed by atoms with E-state index in [4.69, 9.17) is 14.0 Å². The van der Waals surface area contributed by atoms with Crippen molar-refractivity contribution < 1.29 is 28.0 Å². The molecule has 5 rings (SSSR count). The van der Waals surface area contributed by atoms with Crippen LogP contribution in [0.2, 0.25) is 6.32 Å². The Hall–Kier alpha value is -4.21. The van der Waals surface area contributed by atoms with Gasteiger partial charge in [-0.1, -0.05) is 75.7 Å². The molecule has 0 aliphatic carbocycles. The van der Waals surface area contributed by atoms with Crippen LogP contribution in [-0.4, -0.2) is 41.4 Å². The van der Waals surface area contributed by atoms with Gasteiger partial charge in [-0.25, -0.2) is 4.39 Å². The summed E-state index contributed by atoms with van der Waals surface area (Å²) in [5.41, 5.74) is 4.93. The van der Waals surface area contributed by atoms with Crippen molar-refractivity contribution in [2.45, 2.75) is 104 Å². The lowest BCUT2D eigenvalue weighted by Crippen LogP contribution is -2.43. The van der Waals surface area contributed by atoms with E-state index in [-0.39, 0.29) is 42.2 Å². The van der Waals surface area contributed by atoms with E-state index >= 15 is 0 Å². The van der Waals surface area contributed by atoms with Gasteiger partial charge in [-0.05, 0) is 93.4 Å². The third kappa shape index (κ3) is 9.28. The average molecular weight is 667 g/mol. The van der Waals surface area contributed by atoms with Gasteiger partial charge in [0, 0.05) is 29.6 Å². The summed E-state index contributed by atoms with van der Waals surface area (Å²) in [6.45, 7) is 12.4. The molecule has 1 N–H and O–H groups in total. The number of carbonyl (C=O) groups is 2. The fraction of sp³-hybridized carbons (Fsp3) is 0.400. The van der Waals surface area contributed by atoms with Crippen LogP contribution in [0.25, 0.3) is 22.4 Å². The van der Waals surface area contributed by atoms with Gasteiger partial charge < -0.3 is 23.9 Å². The molecule has 0 radical (unpaired) electrons. The van der Waals surface area contributed by atoms with E-state index in [0.29, 0.717) is 37.0 Å². The van der Waals surface area contributed by atoms with Crippen molar-refractivity contribution in [1.82, 2.24) is 4.57 Å². The van der Waals surface area contributed by atoms with E-state index in [2.05, 4.69) is 30.7 Å². The summed E-state index contributed by atoms with van der Waals surface area (Å²) in [7, 11) is -0.422. The summed E-state index contributed by atoms with van der Waals surface area (Å²) in [6.07, 6.45) is 2.37. The standard InChI is InChI=1S/C40H48BFN2O5/c1-7-23-41-48-32(25-33(49-41)26-34(45)47-40(4,5)6)22-24-44-37(27(2)3)36(39(46)43-31-16-12-9-13-17-31)35(28-14-10-8-11-15-28)38(44)29-18-20-30(42)21-19-29/h8-21,27,32-33H,7,22-26H2,1-6H3,(H,43,46).